The van der Waals surface area contributed by atoms with E-state index in [1.807, 2.05) is 55.8 Å². The summed E-state index contributed by atoms with van der Waals surface area (Å²) in [7, 11) is 1.96. The molecule has 0 bridgehead atoms. The van der Waals surface area contributed by atoms with E-state index in [0.717, 1.165) is 27.0 Å². The topological polar surface area (TPSA) is 31.2 Å². The van der Waals surface area contributed by atoms with E-state index in [9.17, 15) is 4.79 Å². The van der Waals surface area contributed by atoms with Crippen LogP contribution in [0.1, 0.15) is 27.3 Å². The van der Waals surface area contributed by atoms with E-state index in [4.69, 9.17) is 4.74 Å². The summed E-state index contributed by atoms with van der Waals surface area (Å²) in [6, 6.07) is 9.80. The maximum absolute atomic E-state index is 12.1. The number of rotatable bonds is 5. The minimum Gasteiger partial charge on any atom is -0.369 e. The Morgan fingerprint density at radius 1 is 1.25 bits per heavy atom. The van der Waals surface area contributed by atoms with Crippen molar-refractivity contribution in [3.05, 3.63) is 57.3 Å². The van der Waals surface area contributed by atoms with E-state index in [-0.39, 0.29) is 12.4 Å². The van der Waals surface area contributed by atoms with Gasteiger partial charge in [0.2, 0.25) is 0 Å². The molecule has 0 aliphatic carbocycles. The highest BCUT2D eigenvalue weighted by Crippen LogP contribution is 2.15. The normalized spacial score (nSPS) is 10.8. The molecular weight excluding hydrogens is 318 g/mol. The molecule has 0 radical (unpaired) electrons. The van der Waals surface area contributed by atoms with Crippen molar-refractivity contribution in [1.82, 2.24) is 4.57 Å². The van der Waals surface area contributed by atoms with Gasteiger partial charge in [0.1, 0.15) is 6.61 Å². The van der Waals surface area contributed by atoms with Gasteiger partial charge in [-0.2, -0.15) is 0 Å². The van der Waals surface area contributed by atoms with Gasteiger partial charge in [0.15, 0.2) is 5.78 Å². The molecule has 0 saturated heterocycles. The first-order chi connectivity index (χ1) is 9.49. The number of hydrogen-bond acceptors (Lipinski definition) is 2. The second-order valence-electron chi connectivity index (χ2n) is 4.89. The van der Waals surface area contributed by atoms with Gasteiger partial charge in [0, 0.05) is 28.5 Å². The van der Waals surface area contributed by atoms with E-state index in [1.165, 1.54) is 0 Å². The Balaban J connectivity index is 1.92. The highest BCUT2D eigenvalue weighted by atomic mass is 79.9. The molecule has 0 aliphatic rings. The number of carbonyl (C=O) groups excluding carboxylic acids is 1. The van der Waals surface area contributed by atoms with Crippen LogP contribution in [0.2, 0.25) is 0 Å². The second-order valence-corrected chi connectivity index (χ2v) is 5.80. The molecule has 1 aromatic carbocycles. The van der Waals surface area contributed by atoms with Crippen LogP contribution in [0.15, 0.2) is 34.8 Å². The van der Waals surface area contributed by atoms with Gasteiger partial charge in [-0.15, -0.1) is 0 Å². The van der Waals surface area contributed by atoms with Crippen molar-refractivity contribution in [2.45, 2.75) is 20.5 Å². The Morgan fingerprint density at radius 3 is 2.45 bits per heavy atom. The van der Waals surface area contributed by atoms with E-state index >= 15 is 0 Å². The van der Waals surface area contributed by atoms with Crippen LogP contribution >= 0.6 is 15.9 Å². The van der Waals surface area contributed by atoms with Gasteiger partial charge in [-0.1, -0.05) is 28.1 Å². The van der Waals surface area contributed by atoms with Crippen LogP contribution in [-0.4, -0.2) is 17.0 Å². The van der Waals surface area contributed by atoms with E-state index in [0.29, 0.717) is 6.61 Å². The van der Waals surface area contributed by atoms with Gasteiger partial charge in [-0.05, 0) is 37.6 Å². The molecule has 4 heteroatoms. The highest BCUT2D eigenvalue weighted by molar-refractivity contribution is 9.10. The van der Waals surface area contributed by atoms with Gasteiger partial charge < -0.3 is 9.30 Å². The van der Waals surface area contributed by atoms with Crippen LogP contribution in [0.4, 0.5) is 0 Å². The maximum atomic E-state index is 12.1. The number of hydrogen-bond donors (Lipinski definition) is 0. The molecule has 0 unspecified atom stereocenters. The van der Waals surface area contributed by atoms with Crippen molar-refractivity contribution in [2.24, 2.45) is 7.05 Å². The van der Waals surface area contributed by atoms with Gasteiger partial charge in [-0.25, -0.2) is 0 Å². The average Bonchev–Trinajstić information content (AvgIpc) is 2.69. The Hall–Kier alpha value is -1.39. The maximum Gasteiger partial charge on any atom is 0.190 e. The molecule has 0 atom stereocenters. The fourth-order valence-corrected chi connectivity index (χ4v) is 2.32. The summed E-state index contributed by atoms with van der Waals surface area (Å²) < 4.78 is 8.56. The molecule has 0 saturated carbocycles. The Kier molecular flexibility index (Phi) is 4.78. The van der Waals surface area contributed by atoms with Crippen LogP contribution in [0, 0.1) is 13.8 Å². The van der Waals surface area contributed by atoms with Gasteiger partial charge in [0.05, 0.1) is 6.61 Å². The molecule has 0 N–H and O–H groups in total. The van der Waals surface area contributed by atoms with Crippen molar-refractivity contribution in [2.75, 3.05) is 6.61 Å². The number of benzene rings is 1. The molecular formula is C16H18BrNO2. The predicted molar refractivity (Wildman–Crippen MR) is 83.0 cm³/mol. The molecule has 2 rings (SSSR count). The average molecular weight is 336 g/mol. The first-order valence-electron chi connectivity index (χ1n) is 6.47. The van der Waals surface area contributed by atoms with Crippen LogP contribution in [0.3, 0.4) is 0 Å². The number of nitrogens with zero attached hydrogens (tertiary/aromatic N) is 1. The lowest BCUT2D eigenvalue weighted by molar-refractivity contribution is 0.0726. The second kappa shape index (κ2) is 6.37. The number of halogens is 1. The third-order valence-electron chi connectivity index (χ3n) is 3.49. The summed E-state index contributed by atoms with van der Waals surface area (Å²) in [5.41, 5.74) is 3.88. The van der Waals surface area contributed by atoms with Crippen molar-refractivity contribution >= 4 is 21.7 Å². The summed E-state index contributed by atoms with van der Waals surface area (Å²) in [4.78, 5) is 12.1. The lowest BCUT2D eigenvalue weighted by Gasteiger charge is -2.05. The van der Waals surface area contributed by atoms with Crippen molar-refractivity contribution in [3.8, 4) is 0 Å². The molecule has 0 fully saturated rings. The molecule has 0 aliphatic heterocycles. The third kappa shape index (κ3) is 3.38. The molecule has 106 valence electrons. The minimum absolute atomic E-state index is 0.0308. The number of ketones is 1. The number of Topliss-reactive ketones (excluding diaryl/α,β-unsaturated/α-hetero) is 1. The van der Waals surface area contributed by atoms with Gasteiger partial charge in [-0.3, -0.25) is 4.79 Å². The van der Waals surface area contributed by atoms with E-state index < -0.39 is 0 Å². The van der Waals surface area contributed by atoms with Crippen LogP contribution < -0.4 is 0 Å². The third-order valence-corrected chi connectivity index (χ3v) is 4.02. The Labute approximate surface area is 127 Å². The summed E-state index contributed by atoms with van der Waals surface area (Å²) in [6.45, 7) is 4.51. The summed E-state index contributed by atoms with van der Waals surface area (Å²) in [5.74, 6) is 0.0308. The molecule has 0 amide bonds. The molecule has 1 aromatic heterocycles. The Bertz CT molecular complexity index is 614. The largest absolute Gasteiger partial charge is 0.369 e. The lowest BCUT2D eigenvalue weighted by Crippen LogP contribution is -2.10. The molecule has 2 aromatic rings. The molecule has 1 heterocycles. The molecule has 20 heavy (non-hydrogen) atoms. The fraction of sp³-hybridized carbons (Fsp3) is 0.312. The molecule has 3 nitrogen and oxygen atoms in total. The van der Waals surface area contributed by atoms with Crippen molar-refractivity contribution in [1.29, 1.82) is 0 Å². The van der Waals surface area contributed by atoms with E-state index in [1.54, 1.807) is 0 Å². The SMILES string of the molecule is Cc1cc(C(=O)COCc2ccc(Br)cc2)c(C)n1C. The first-order valence-corrected chi connectivity index (χ1v) is 7.26. The van der Waals surface area contributed by atoms with Gasteiger partial charge >= 0.3 is 0 Å². The standard InChI is InChI=1S/C16H18BrNO2/c1-11-8-15(12(2)18(11)3)16(19)10-20-9-13-4-6-14(17)7-5-13/h4-8H,9-10H2,1-3H3. The zero-order chi connectivity index (χ0) is 14.7. The molecule has 0 spiro atoms. The van der Waals surface area contributed by atoms with Crippen LogP contribution in [0.5, 0.6) is 0 Å². The number of aryl methyl sites for hydroxylation is 1. The monoisotopic (exact) mass is 335 g/mol. The highest BCUT2D eigenvalue weighted by Gasteiger charge is 2.13. The van der Waals surface area contributed by atoms with Crippen LogP contribution in [0.25, 0.3) is 0 Å². The Morgan fingerprint density at radius 2 is 1.90 bits per heavy atom. The van der Waals surface area contributed by atoms with E-state index in [2.05, 4.69) is 15.9 Å². The summed E-state index contributed by atoms with van der Waals surface area (Å²) >= 11 is 3.39. The zero-order valence-corrected chi connectivity index (χ0v) is 13.5. The summed E-state index contributed by atoms with van der Waals surface area (Å²) in [5, 5.41) is 0. The quantitative estimate of drug-likeness (QED) is 0.778. The van der Waals surface area contributed by atoms with Gasteiger partial charge in [0.25, 0.3) is 0 Å². The first kappa shape index (κ1) is 15.0. The van der Waals surface area contributed by atoms with Crippen molar-refractivity contribution < 1.29 is 9.53 Å². The lowest BCUT2D eigenvalue weighted by atomic mass is 10.1. The number of ether oxygens (including phenoxy) is 1. The van der Waals surface area contributed by atoms with Crippen LogP contribution in [-0.2, 0) is 18.4 Å². The fourth-order valence-electron chi connectivity index (χ4n) is 2.06. The number of aromatic nitrogens is 1. The smallest absolute Gasteiger partial charge is 0.190 e. The van der Waals surface area contributed by atoms with Crippen molar-refractivity contribution in [3.63, 3.8) is 0 Å². The number of carbonyl (C=O) groups is 1. The summed E-state index contributed by atoms with van der Waals surface area (Å²) in [6.07, 6.45) is 0. The zero-order valence-electron chi connectivity index (χ0n) is 11.9. The minimum atomic E-state index is 0.0308. The predicted octanol–water partition coefficient (Wildman–Crippen LogP) is 3.80.